The number of carbonyl (C=O) groups is 1. The van der Waals surface area contributed by atoms with Crippen molar-refractivity contribution in [3.8, 4) is 17.2 Å². The number of amides is 1. The summed E-state index contributed by atoms with van der Waals surface area (Å²) < 4.78 is 16.0. The second kappa shape index (κ2) is 9.32. The Morgan fingerprint density at radius 2 is 1.84 bits per heavy atom. The average Bonchev–Trinajstić information content (AvgIpc) is 2.66. The fourth-order valence-corrected chi connectivity index (χ4v) is 2.13. The molecule has 0 spiro atoms. The number of hydrazone groups is 1. The SMILES string of the molecule is CCCOc1ccccc1/C=N/NC(=O)c1ccc(OC)c(OC)c1. The molecule has 6 nitrogen and oxygen atoms in total. The van der Waals surface area contributed by atoms with Crippen LogP contribution in [0.25, 0.3) is 0 Å². The van der Waals surface area contributed by atoms with Gasteiger partial charge in [0.2, 0.25) is 0 Å². The first-order valence-corrected chi connectivity index (χ1v) is 7.96. The molecule has 2 aromatic carbocycles. The molecule has 0 saturated carbocycles. The highest BCUT2D eigenvalue weighted by Gasteiger charge is 2.10. The van der Waals surface area contributed by atoms with E-state index in [1.54, 1.807) is 31.5 Å². The number of methoxy groups -OCH3 is 2. The Bertz CT molecular complexity index is 744. The van der Waals surface area contributed by atoms with E-state index >= 15 is 0 Å². The van der Waals surface area contributed by atoms with Gasteiger partial charge in [-0.1, -0.05) is 19.1 Å². The third-order valence-electron chi connectivity index (χ3n) is 3.40. The summed E-state index contributed by atoms with van der Waals surface area (Å²) in [5, 5.41) is 4.01. The molecule has 0 bridgehead atoms. The lowest BCUT2D eigenvalue weighted by atomic mass is 10.2. The second-order valence-electron chi connectivity index (χ2n) is 5.16. The lowest BCUT2D eigenvalue weighted by Gasteiger charge is -2.09. The monoisotopic (exact) mass is 342 g/mol. The first-order valence-electron chi connectivity index (χ1n) is 7.96. The van der Waals surface area contributed by atoms with Gasteiger partial charge in [0.15, 0.2) is 11.5 Å². The van der Waals surface area contributed by atoms with E-state index in [0.29, 0.717) is 23.7 Å². The topological polar surface area (TPSA) is 69.2 Å². The summed E-state index contributed by atoms with van der Waals surface area (Å²) in [5.74, 6) is 1.43. The summed E-state index contributed by atoms with van der Waals surface area (Å²) in [4.78, 5) is 12.2. The van der Waals surface area contributed by atoms with Crippen LogP contribution in [0.15, 0.2) is 47.6 Å². The molecule has 0 aliphatic rings. The molecule has 6 heteroatoms. The first-order chi connectivity index (χ1) is 12.2. The van der Waals surface area contributed by atoms with Crippen LogP contribution >= 0.6 is 0 Å². The molecule has 25 heavy (non-hydrogen) atoms. The Labute approximate surface area is 147 Å². The van der Waals surface area contributed by atoms with Gasteiger partial charge < -0.3 is 14.2 Å². The number of nitrogens with zero attached hydrogens (tertiary/aromatic N) is 1. The minimum atomic E-state index is -0.343. The minimum absolute atomic E-state index is 0.343. The average molecular weight is 342 g/mol. The van der Waals surface area contributed by atoms with Gasteiger partial charge in [0.05, 0.1) is 27.0 Å². The molecule has 2 rings (SSSR count). The van der Waals surface area contributed by atoms with Gasteiger partial charge in [-0.25, -0.2) is 5.43 Å². The number of hydrogen-bond donors (Lipinski definition) is 1. The maximum atomic E-state index is 12.2. The zero-order valence-electron chi connectivity index (χ0n) is 14.6. The van der Waals surface area contributed by atoms with Gasteiger partial charge in [0.1, 0.15) is 5.75 Å². The van der Waals surface area contributed by atoms with E-state index in [1.807, 2.05) is 31.2 Å². The lowest BCUT2D eigenvalue weighted by molar-refractivity contribution is 0.0954. The van der Waals surface area contributed by atoms with E-state index in [1.165, 1.54) is 7.11 Å². The quantitative estimate of drug-likeness (QED) is 0.590. The molecule has 0 heterocycles. The van der Waals surface area contributed by atoms with Gasteiger partial charge >= 0.3 is 0 Å². The van der Waals surface area contributed by atoms with Gasteiger partial charge in [0.25, 0.3) is 5.91 Å². The van der Waals surface area contributed by atoms with Gasteiger partial charge in [-0.2, -0.15) is 5.10 Å². The molecule has 0 aromatic heterocycles. The molecule has 0 saturated heterocycles. The molecule has 0 fully saturated rings. The summed E-state index contributed by atoms with van der Waals surface area (Å²) in [5.41, 5.74) is 3.71. The van der Waals surface area contributed by atoms with Crippen molar-refractivity contribution in [2.75, 3.05) is 20.8 Å². The lowest BCUT2D eigenvalue weighted by Crippen LogP contribution is -2.17. The molecule has 0 unspecified atom stereocenters. The van der Waals surface area contributed by atoms with Gasteiger partial charge in [-0.3, -0.25) is 4.79 Å². The van der Waals surface area contributed by atoms with Crippen LogP contribution in [0, 0.1) is 0 Å². The standard InChI is InChI=1S/C19H22N2O4/c1-4-11-25-16-8-6-5-7-15(16)13-20-21-19(22)14-9-10-17(23-2)18(12-14)24-3/h5-10,12-13H,4,11H2,1-3H3,(H,21,22)/b20-13+. The summed E-state index contributed by atoms with van der Waals surface area (Å²) in [7, 11) is 3.06. The fraction of sp³-hybridized carbons (Fsp3) is 0.263. The summed E-state index contributed by atoms with van der Waals surface area (Å²) in [6, 6.07) is 12.4. The van der Waals surface area contributed by atoms with Crippen LogP contribution in [0.2, 0.25) is 0 Å². The third-order valence-corrected chi connectivity index (χ3v) is 3.40. The molecular weight excluding hydrogens is 320 g/mol. The predicted octanol–water partition coefficient (Wildman–Crippen LogP) is 3.26. The van der Waals surface area contributed by atoms with Crippen LogP contribution in [-0.4, -0.2) is 32.9 Å². The summed E-state index contributed by atoms with van der Waals surface area (Å²) in [6.45, 7) is 2.67. The normalized spacial score (nSPS) is 10.5. The Morgan fingerprint density at radius 1 is 1.08 bits per heavy atom. The van der Waals surface area contributed by atoms with Gasteiger partial charge in [-0.05, 0) is 36.8 Å². The second-order valence-corrected chi connectivity index (χ2v) is 5.16. The molecule has 0 atom stereocenters. The molecule has 1 N–H and O–H groups in total. The molecule has 2 aromatic rings. The van der Waals surface area contributed by atoms with E-state index < -0.39 is 0 Å². The number of para-hydroxylation sites is 1. The van der Waals surface area contributed by atoms with Gasteiger partial charge in [0, 0.05) is 11.1 Å². The highest BCUT2D eigenvalue weighted by molar-refractivity contribution is 5.95. The number of rotatable bonds is 8. The number of benzene rings is 2. The van der Waals surface area contributed by atoms with Crippen molar-refractivity contribution < 1.29 is 19.0 Å². The van der Waals surface area contributed by atoms with Crippen LogP contribution in [0.1, 0.15) is 29.3 Å². The Kier molecular flexibility index (Phi) is 6.83. The van der Waals surface area contributed by atoms with E-state index in [9.17, 15) is 4.79 Å². The Balaban J connectivity index is 2.06. The van der Waals surface area contributed by atoms with Crippen molar-refractivity contribution >= 4 is 12.1 Å². The van der Waals surface area contributed by atoms with E-state index in [2.05, 4.69) is 10.5 Å². The molecule has 1 amide bonds. The van der Waals surface area contributed by atoms with Crippen LogP contribution < -0.4 is 19.6 Å². The van der Waals surface area contributed by atoms with E-state index in [4.69, 9.17) is 14.2 Å². The third kappa shape index (κ3) is 4.97. The number of ether oxygens (including phenoxy) is 3. The Morgan fingerprint density at radius 3 is 2.56 bits per heavy atom. The first kappa shape index (κ1) is 18.3. The van der Waals surface area contributed by atoms with E-state index in [-0.39, 0.29) is 5.91 Å². The summed E-state index contributed by atoms with van der Waals surface area (Å²) in [6.07, 6.45) is 2.48. The van der Waals surface area contributed by atoms with Crippen molar-refractivity contribution in [3.63, 3.8) is 0 Å². The van der Waals surface area contributed by atoms with Crippen molar-refractivity contribution in [1.29, 1.82) is 0 Å². The van der Waals surface area contributed by atoms with Crippen molar-refractivity contribution in [1.82, 2.24) is 5.43 Å². The largest absolute Gasteiger partial charge is 0.493 e. The van der Waals surface area contributed by atoms with Crippen LogP contribution in [0.5, 0.6) is 17.2 Å². The highest BCUT2D eigenvalue weighted by atomic mass is 16.5. The fourth-order valence-electron chi connectivity index (χ4n) is 2.13. The molecule has 0 aliphatic carbocycles. The number of hydrogen-bond acceptors (Lipinski definition) is 5. The van der Waals surface area contributed by atoms with Crippen LogP contribution in [0.3, 0.4) is 0 Å². The van der Waals surface area contributed by atoms with Crippen molar-refractivity contribution in [2.45, 2.75) is 13.3 Å². The molecule has 0 aliphatic heterocycles. The van der Waals surface area contributed by atoms with E-state index in [0.717, 1.165) is 17.7 Å². The number of carbonyl (C=O) groups excluding carboxylic acids is 1. The van der Waals surface area contributed by atoms with Crippen molar-refractivity contribution in [2.24, 2.45) is 5.10 Å². The Hall–Kier alpha value is -3.02. The maximum absolute atomic E-state index is 12.2. The molecule has 0 radical (unpaired) electrons. The zero-order valence-corrected chi connectivity index (χ0v) is 14.6. The highest BCUT2D eigenvalue weighted by Crippen LogP contribution is 2.27. The number of nitrogens with one attached hydrogen (secondary N) is 1. The van der Waals surface area contributed by atoms with Gasteiger partial charge in [-0.15, -0.1) is 0 Å². The van der Waals surface area contributed by atoms with Crippen LogP contribution in [-0.2, 0) is 0 Å². The summed E-state index contributed by atoms with van der Waals surface area (Å²) >= 11 is 0. The predicted molar refractivity (Wildman–Crippen MR) is 96.8 cm³/mol. The molecule has 132 valence electrons. The van der Waals surface area contributed by atoms with Crippen LogP contribution in [0.4, 0.5) is 0 Å². The zero-order chi connectivity index (χ0) is 18.1. The van der Waals surface area contributed by atoms with Crippen molar-refractivity contribution in [3.05, 3.63) is 53.6 Å². The maximum Gasteiger partial charge on any atom is 0.271 e. The molecular formula is C19H22N2O4. The smallest absolute Gasteiger partial charge is 0.271 e. The minimum Gasteiger partial charge on any atom is -0.493 e.